The number of aromatic hydroxyl groups is 1. The summed E-state index contributed by atoms with van der Waals surface area (Å²) >= 11 is 0. The van der Waals surface area contributed by atoms with Gasteiger partial charge in [-0.15, -0.1) is 0 Å². The molecule has 0 unspecified atom stereocenters. The minimum atomic E-state index is -1.03. The van der Waals surface area contributed by atoms with E-state index in [1.807, 2.05) is 24.3 Å². The van der Waals surface area contributed by atoms with Gasteiger partial charge in [0.25, 0.3) is 5.91 Å². The predicted octanol–water partition coefficient (Wildman–Crippen LogP) is 2.39. The van der Waals surface area contributed by atoms with Crippen LogP contribution >= 0.6 is 0 Å². The van der Waals surface area contributed by atoms with E-state index in [9.17, 15) is 19.8 Å². The van der Waals surface area contributed by atoms with Crippen LogP contribution in [0.1, 0.15) is 48.7 Å². The summed E-state index contributed by atoms with van der Waals surface area (Å²) in [6.07, 6.45) is 2.41. The van der Waals surface area contributed by atoms with E-state index in [4.69, 9.17) is 0 Å². The van der Waals surface area contributed by atoms with E-state index in [-0.39, 0.29) is 11.4 Å². The monoisotopic (exact) mass is 343 g/mol. The number of benzene rings is 1. The zero-order chi connectivity index (χ0) is 18.1. The molecule has 0 radical (unpaired) electrons. The number of likely N-dealkylation sites (tertiary alicyclic amines) is 1. The molecule has 0 saturated carbocycles. The second kappa shape index (κ2) is 6.58. The third kappa shape index (κ3) is 3.22. The highest BCUT2D eigenvalue weighted by molar-refractivity contribution is 5.97. The van der Waals surface area contributed by atoms with Crippen molar-refractivity contribution < 1.29 is 19.8 Å². The summed E-state index contributed by atoms with van der Waals surface area (Å²) < 4.78 is 1.43. The molecular weight excluding hydrogens is 322 g/mol. The standard InChI is InChI=1S/C18H21N3O4/c1-11(2)12-5-7-13(8-6-12)21-10-15(22)16(19-21)17(23)20-9-3-4-14(20)18(24)25/h5-8,10-11,14,22H,3-4,9H2,1-2H3,(H,24,25)/t14-/m1/s1. The van der Waals surface area contributed by atoms with E-state index in [2.05, 4.69) is 18.9 Å². The first kappa shape index (κ1) is 17.0. The fourth-order valence-corrected chi connectivity index (χ4v) is 3.06. The van der Waals surface area contributed by atoms with E-state index in [1.54, 1.807) is 0 Å². The molecule has 0 aliphatic carbocycles. The largest absolute Gasteiger partial charge is 0.504 e. The number of carbonyl (C=O) groups excluding carboxylic acids is 1. The fraction of sp³-hybridized carbons (Fsp3) is 0.389. The van der Waals surface area contributed by atoms with E-state index < -0.39 is 17.9 Å². The van der Waals surface area contributed by atoms with Crippen LogP contribution in [-0.4, -0.2) is 49.4 Å². The Morgan fingerprint density at radius 1 is 1.24 bits per heavy atom. The van der Waals surface area contributed by atoms with Gasteiger partial charge in [-0.1, -0.05) is 26.0 Å². The lowest BCUT2D eigenvalue weighted by atomic mass is 10.0. The van der Waals surface area contributed by atoms with Crippen molar-refractivity contribution in [1.82, 2.24) is 14.7 Å². The Kier molecular flexibility index (Phi) is 4.48. The first-order valence-electron chi connectivity index (χ1n) is 8.31. The summed E-state index contributed by atoms with van der Waals surface area (Å²) in [4.78, 5) is 25.1. The van der Waals surface area contributed by atoms with Gasteiger partial charge in [0.1, 0.15) is 6.04 Å². The minimum Gasteiger partial charge on any atom is -0.504 e. The number of carbonyl (C=O) groups is 2. The second-order valence-corrected chi connectivity index (χ2v) is 6.55. The number of nitrogens with zero attached hydrogens (tertiary/aromatic N) is 3. The van der Waals surface area contributed by atoms with Crippen LogP contribution in [0.25, 0.3) is 5.69 Å². The molecule has 2 N–H and O–H groups in total. The predicted molar refractivity (Wildman–Crippen MR) is 91.0 cm³/mol. The van der Waals surface area contributed by atoms with Crippen LogP contribution in [0.15, 0.2) is 30.5 Å². The molecule has 1 aliphatic rings. The molecule has 1 fully saturated rings. The molecule has 2 aromatic rings. The smallest absolute Gasteiger partial charge is 0.326 e. The summed E-state index contributed by atoms with van der Waals surface area (Å²) in [5.74, 6) is -1.44. The van der Waals surface area contributed by atoms with Crippen molar-refractivity contribution in [2.45, 2.75) is 38.6 Å². The molecule has 1 aromatic heterocycles. The van der Waals surface area contributed by atoms with Gasteiger partial charge >= 0.3 is 5.97 Å². The molecule has 7 heteroatoms. The molecule has 1 saturated heterocycles. The van der Waals surface area contributed by atoms with Crippen molar-refractivity contribution in [2.75, 3.05) is 6.54 Å². The van der Waals surface area contributed by atoms with Crippen LogP contribution < -0.4 is 0 Å². The summed E-state index contributed by atoms with van der Waals surface area (Å²) in [7, 11) is 0. The van der Waals surface area contributed by atoms with Crippen LogP contribution in [0.5, 0.6) is 5.75 Å². The average Bonchev–Trinajstić information content (AvgIpc) is 3.21. The third-order valence-electron chi connectivity index (χ3n) is 4.52. The maximum absolute atomic E-state index is 12.6. The molecule has 1 aromatic carbocycles. The van der Waals surface area contributed by atoms with Crippen LogP contribution in [0, 0.1) is 0 Å². The molecule has 3 rings (SSSR count). The molecule has 25 heavy (non-hydrogen) atoms. The number of aliphatic carboxylic acids is 1. The molecule has 2 heterocycles. The lowest BCUT2D eigenvalue weighted by Gasteiger charge is -2.20. The molecule has 1 aliphatic heterocycles. The van der Waals surface area contributed by atoms with Crippen LogP contribution in [0.2, 0.25) is 0 Å². The molecule has 1 atom stereocenters. The van der Waals surface area contributed by atoms with E-state index in [0.717, 1.165) is 5.69 Å². The first-order chi connectivity index (χ1) is 11.9. The van der Waals surface area contributed by atoms with Gasteiger partial charge in [-0.05, 0) is 36.5 Å². The highest BCUT2D eigenvalue weighted by Crippen LogP contribution is 2.25. The van der Waals surface area contributed by atoms with Gasteiger partial charge in [0, 0.05) is 6.54 Å². The van der Waals surface area contributed by atoms with Crippen molar-refractivity contribution in [2.24, 2.45) is 0 Å². The Labute approximate surface area is 145 Å². The first-order valence-corrected chi connectivity index (χ1v) is 8.31. The molecular formula is C18H21N3O4. The maximum Gasteiger partial charge on any atom is 0.326 e. The van der Waals surface area contributed by atoms with E-state index in [1.165, 1.54) is 21.3 Å². The third-order valence-corrected chi connectivity index (χ3v) is 4.52. The van der Waals surface area contributed by atoms with E-state index >= 15 is 0 Å². The van der Waals surface area contributed by atoms with Crippen molar-refractivity contribution in [1.29, 1.82) is 0 Å². The van der Waals surface area contributed by atoms with Crippen molar-refractivity contribution in [3.63, 3.8) is 0 Å². The average molecular weight is 343 g/mol. The highest BCUT2D eigenvalue weighted by atomic mass is 16.4. The Morgan fingerprint density at radius 2 is 1.92 bits per heavy atom. The fourth-order valence-electron chi connectivity index (χ4n) is 3.06. The highest BCUT2D eigenvalue weighted by Gasteiger charge is 2.36. The second-order valence-electron chi connectivity index (χ2n) is 6.55. The Bertz CT molecular complexity index is 795. The van der Waals surface area contributed by atoms with Crippen molar-refractivity contribution in [3.8, 4) is 11.4 Å². The molecule has 1 amide bonds. The van der Waals surface area contributed by atoms with Gasteiger partial charge < -0.3 is 15.1 Å². The van der Waals surface area contributed by atoms with Gasteiger partial charge in [0.2, 0.25) is 0 Å². The minimum absolute atomic E-state index is 0.124. The zero-order valence-corrected chi connectivity index (χ0v) is 14.2. The summed E-state index contributed by atoms with van der Waals surface area (Å²) in [6, 6.07) is 6.82. The van der Waals surface area contributed by atoms with Crippen LogP contribution in [0.3, 0.4) is 0 Å². The van der Waals surface area contributed by atoms with Crippen LogP contribution in [0.4, 0.5) is 0 Å². The van der Waals surface area contributed by atoms with Gasteiger partial charge in [-0.2, -0.15) is 5.10 Å². The van der Waals surface area contributed by atoms with Crippen molar-refractivity contribution in [3.05, 3.63) is 41.7 Å². The quantitative estimate of drug-likeness (QED) is 0.889. The van der Waals surface area contributed by atoms with Gasteiger partial charge in [0.15, 0.2) is 11.4 Å². The Morgan fingerprint density at radius 3 is 2.52 bits per heavy atom. The molecule has 0 bridgehead atoms. The molecule has 7 nitrogen and oxygen atoms in total. The SMILES string of the molecule is CC(C)c1ccc(-n2cc(O)c(C(=O)N3CCC[C@@H]3C(=O)O)n2)cc1. The number of carboxylic acid groups (broad SMARTS) is 1. The summed E-state index contributed by atoms with van der Waals surface area (Å²) in [6.45, 7) is 4.55. The lowest BCUT2D eigenvalue weighted by molar-refractivity contribution is -0.141. The number of aromatic nitrogens is 2. The normalized spacial score (nSPS) is 17.2. The zero-order valence-electron chi connectivity index (χ0n) is 14.2. The number of hydrogen-bond donors (Lipinski definition) is 2. The van der Waals surface area contributed by atoms with Gasteiger partial charge in [0.05, 0.1) is 11.9 Å². The van der Waals surface area contributed by atoms with E-state index in [0.29, 0.717) is 25.3 Å². The number of carboxylic acids is 1. The van der Waals surface area contributed by atoms with Gasteiger partial charge in [-0.3, -0.25) is 4.79 Å². The Hall–Kier alpha value is -2.83. The number of rotatable bonds is 4. The number of amides is 1. The van der Waals surface area contributed by atoms with Crippen LogP contribution in [-0.2, 0) is 4.79 Å². The van der Waals surface area contributed by atoms with Crippen molar-refractivity contribution >= 4 is 11.9 Å². The topological polar surface area (TPSA) is 95.7 Å². The summed E-state index contributed by atoms with van der Waals surface area (Å²) in [5, 5.41) is 23.5. The maximum atomic E-state index is 12.6. The Balaban J connectivity index is 1.87. The number of hydrogen-bond acceptors (Lipinski definition) is 4. The summed E-state index contributed by atoms with van der Waals surface area (Å²) in [5.41, 5.74) is 1.77. The molecule has 132 valence electrons. The lowest BCUT2D eigenvalue weighted by Crippen LogP contribution is -2.40. The van der Waals surface area contributed by atoms with Gasteiger partial charge in [-0.25, -0.2) is 9.48 Å². The molecule has 0 spiro atoms.